The van der Waals surface area contributed by atoms with Gasteiger partial charge in [0.05, 0.1) is 18.5 Å². The van der Waals surface area contributed by atoms with Crippen LogP contribution in [0.2, 0.25) is 0 Å². The molecular formula is C15H15N5O3. The van der Waals surface area contributed by atoms with Crippen molar-refractivity contribution in [1.82, 2.24) is 20.1 Å². The minimum Gasteiger partial charge on any atom is -0.459 e. The van der Waals surface area contributed by atoms with Gasteiger partial charge < -0.3 is 15.5 Å². The highest BCUT2D eigenvalue weighted by Crippen LogP contribution is 2.14. The van der Waals surface area contributed by atoms with E-state index in [4.69, 9.17) is 10.2 Å². The van der Waals surface area contributed by atoms with Crippen LogP contribution < -0.4 is 16.5 Å². The van der Waals surface area contributed by atoms with E-state index in [2.05, 4.69) is 15.4 Å². The molecule has 0 atom stereocenters. The first-order valence-electron chi connectivity index (χ1n) is 7.05. The summed E-state index contributed by atoms with van der Waals surface area (Å²) in [5.41, 5.74) is 6.06. The molecule has 0 aliphatic heterocycles. The van der Waals surface area contributed by atoms with Gasteiger partial charge in [-0.1, -0.05) is 0 Å². The Morgan fingerprint density at radius 1 is 1.35 bits per heavy atom. The third-order valence-electron chi connectivity index (χ3n) is 3.33. The largest absolute Gasteiger partial charge is 0.459 e. The van der Waals surface area contributed by atoms with Gasteiger partial charge in [0.2, 0.25) is 0 Å². The first kappa shape index (κ1) is 14.9. The van der Waals surface area contributed by atoms with Crippen molar-refractivity contribution in [2.45, 2.75) is 13.1 Å². The van der Waals surface area contributed by atoms with Gasteiger partial charge in [-0.2, -0.15) is 5.10 Å². The van der Waals surface area contributed by atoms with Crippen LogP contribution >= 0.6 is 0 Å². The highest BCUT2D eigenvalue weighted by Gasteiger charge is 2.10. The summed E-state index contributed by atoms with van der Waals surface area (Å²) in [6.07, 6.45) is 3.00. The molecule has 3 aromatic rings. The molecule has 118 valence electrons. The molecule has 0 unspecified atom stereocenters. The normalized spacial score (nSPS) is 10.8. The quantitative estimate of drug-likeness (QED) is 0.698. The Kier molecular flexibility index (Phi) is 4.15. The Morgan fingerprint density at radius 2 is 2.22 bits per heavy atom. The van der Waals surface area contributed by atoms with Crippen molar-refractivity contribution in [3.63, 3.8) is 0 Å². The summed E-state index contributed by atoms with van der Waals surface area (Å²) in [6.45, 7) is 1.07. The lowest BCUT2D eigenvalue weighted by molar-refractivity contribution is 0.0952. The number of carbonyl (C=O) groups excluding carboxylic acids is 1. The van der Waals surface area contributed by atoms with Crippen molar-refractivity contribution in [2.24, 2.45) is 5.73 Å². The number of nitrogens with zero attached hydrogens (tertiary/aromatic N) is 3. The van der Waals surface area contributed by atoms with Crippen molar-refractivity contribution in [2.75, 3.05) is 6.54 Å². The molecule has 0 radical (unpaired) electrons. The van der Waals surface area contributed by atoms with E-state index in [0.29, 0.717) is 35.4 Å². The molecule has 8 heteroatoms. The number of carbonyl (C=O) groups is 1. The Balaban J connectivity index is 1.75. The van der Waals surface area contributed by atoms with E-state index < -0.39 is 0 Å². The molecule has 3 rings (SSSR count). The standard InChI is InChI=1S/C15H15N5O3/c16-7-11-6-13(21)12-5-10(1-2-14(12)23-11)15(22)18-3-4-20-9-17-8-19-20/h1-2,5-6,8-9H,3-4,7,16H2,(H,18,22). The molecule has 0 saturated heterocycles. The molecule has 0 saturated carbocycles. The van der Waals surface area contributed by atoms with Crippen LogP contribution in [-0.2, 0) is 13.1 Å². The summed E-state index contributed by atoms with van der Waals surface area (Å²) in [6, 6.07) is 6.07. The minimum absolute atomic E-state index is 0.149. The van der Waals surface area contributed by atoms with Crippen LogP contribution in [0.5, 0.6) is 0 Å². The number of hydrogen-bond acceptors (Lipinski definition) is 6. The van der Waals surface area contributed by atoms with Crippen LogP contribution in [0, 0.1) is 0 Å². The van der Waals surface area contributed by atoms with Gasteiger partial charge in [0, 0.05) is 18.2 Å². The Labute approximate surface area is 130 Å². The fraction of sp³-hybridized carbons (Fsp3) is 0.200. The highest BCUT2D eigenvalue weighted by molar-refractivity contribution is 5.97. The van der Waals surface area contributed by atoms with E-state index in [1.165, 1.54) is 18.5 Å². The molecule has 1 aromatic carbocycles. The molecule has 0 aliphatic carbocycles. The predicted octanol–water partition coefficient (Wildman–Crippen LogP) is 0.273. The maximum Gasteiger partial charge on any atom is 0.251 e. The minimum atomic E-state index is -0.269. The van der Waals surface area contributed by atoms with E-state index in [9.17, 15) is 9.59 Å². The molecule has 0 fully saturated rings. The van der Waals surface area contributed by atoms with Gasteiger partial charge in [-0.25, -0.2) is 4.98 Å². The molecule has 8 nitrogen and oxygen atoms in total. The molecule has 2 heterocycles. The van der Waals surface area contributed by atoms with Crippen molar-refractivity contribution >= 4 is 16.9 Å². The highest BCUT2D eigenvalue weighted by atomic mass is 16.3. The number of nitrogens with one attached hydrogen (secondary N) is 1. The summed E-state index contributed by atoms with van der Waals surface area (Å²) in [7, 11) is 0. The zero-order chi connectivity index (χ0) is 16.2. The van der Waals surface area contributed by atoms with Gasteiger partial charge in [0.25, 0.3) is 5.91 Å². The molecular weight excluding hydrogens is 298 g/mol. The summed E-state index contributed by atoms with van der Waals surface area (Å²) < 4.78 is 7.10. The SMILES string of the molecule is NCc1cc(=O)c2cc(C(=O)NCCn3cncn3)ccc2o1. The van der Waals surface area contributed by atoms with Crippen LogP contribution in [-0.4, -0.2) is 27.2 Å². The zero-order valence-electron chi connectivity index (χ0n) is 12.2. The second kappa shape index (κ2) is 6.41. The predicted molar refractivity (Wildman–Crippen MR) is 82.7 cm³/mol. The number of hydrogen-bond donors (Lipinski definition) is 2. The molecule has 0 spiro atoms. The van der Waals surface area contributed by atoms with E-state index in [-0.39, 0.29) is 17.9 Å². The van der Waals surface area contributed by atoms with Gasteiger partial charge >= 0.3 is 0 Å². The van der Waals surface area contributed by atoms with Crippen LogP contribution in [0.25, 0.3) is 11.0 Å². The number of benzene rings is 1. The van der Waals surface area contributed by atoms with Gasteiger partial charge in [-0.15, -0.1) is 0 Å². The van der Waals surface area contributed by atoms with Gasteiger partial charge in [-0.05, 0) is 18.2 Å². The summed E-state index contributed by atoms with van der Waals surface area (Å²) in [4.78, 5) is 28.0. The Bertz CT molecular complexity index is 886. The number of amides is 1. The molecule has 2 aromatic heterocycles. The number of rotatable bonds is 5. The lowest BCUT2D eigenvalue weighted by Crippen LogP contribution is -2.27. The summed E-state index contributed by atoms with van der Waals surface area (Å²) in [5, 5.41) is 7.06. The second-order valence-corrected chi connectivity index (χ2v) is 4.91. The van der Waals surface area contributed by atoms with Crippen LogP contribution in [0.15, 0.2) is 46.1 Å². The van der Waals surface area contributed by atoms with Crippen molar-refractivity contribution in [3.05, 3.63) is 58.5 Å². The Hall–Kier alpha value is -3.00. The average Bonchev–Trinajstić information content (AvgIpc) is 3.07. The third kappa shape index (κ3) is 3.27. The maximum atomic E-state index is 12.1. The van der Waals surface area contributed by atoms with Crippen molar-refractivity contribution < 1.29 is 9.21 Å². The number of fused-ring (bicyclic) bond motifs is 1. The Morgan fingerprint density at radius 3 is 2.96 bits per heavy atom. The van der Waals surface area contributed by atoms with Crippen LogP contribution in [0.4, 0.5) is 0 Å². The van der Waals surface area contributed by atoms with E-state index >= 15 is 0 Å². The topological polar surface area (TPSA) is 116 Å². The first-order valence-corrected chi connectivity index (χ1v) is 7.05. The number of aromatic nitrogens is 3. The van der Waals surface area contributed by atoms with Crippen molar-refractivity contribution in [1.29, 1.82) is 0 Å². The summed E-state index contributed by atoms with van der Waals surface area (Å²) in [5.74, 6) is 0.141. The summed E-state index contributed by atoms with van der Waals surface area (Å²) >= 11 is 0. The first-order chi connectivity index (χ1) is 11.2. The lowest BCUT2D eigenvalue weighted by atomic mass is 10.1. The molecule has 1 amide bonds. The molecule has 3 N–H and O–H groups in total. The van der Waals surface area contributed by atoms with Gasteiger partial charge in [0.1, 0.15) is 24.0 Å². The van der Waals surface area contributed by atoms with Gasteiger partial charge in [-0.3, -0.25) is 14.3 Å². The maximum absolute atomic E-state index is 12.1. The number of nitrogens with two attached hydrogens (primary N) is 1. The third-order valence-corrected chi connectivity index (χ3v) is 3.33. The van der Waals surface area contributed by atoms with E-state index in [1.807, 2.05) is 0 Å². The fourth-order valence-corrected chi connectivity index (χ4v) is 2.18. The van der Waals surface area contributed by atoms with Crippen LogP contribution in [0.1, 0.15) is 16.1 Å². The van der Waals surface area contributed by atoms with Gasteiger partial charge in [0.15, 0.2) is 5.43 Å². The van der Waals surface area contributed by atoms with Crippen molar-refractivity contribution in [3.8, 4) is 0 Å². The smallest absolute Gasteiger partial charge is 0.251 e. The molecule has 0 aliphatic rings. The average molecular weight is 313 g/mol. The lowest BCUT2D eigenvalue weighted by Gasteiger charge is -2.06. The fourth-order valence-electron chi connectivity index (χ4n) is 2.18. The van der Waals surface area contributed by atoms with Crippen LogP contribution in [0.3, 0.4) is 0 Å². The second-order valence-electron chi connectivity index (χ2n) is 4.91. The van der Waals surface area contributed by atoms with E-state index in [0.717, 1.165) is 0 Å². The zero-order valence-corrected chi connectivity index (χ0v) is 12.2. The molecule has 23 heavy (non-hydrogen) atoms. The monoisotopic (exact) mass is 313 g/mol. The molecule has 0 bridgehead atoms. The van der Waals surface area contributed by atoms with E-state index in [1.54, 1.807) is 23.1 Å².